The normalized spacial score (nSPS) is 29.1. The summed E-state index contributed by atoms with van der Waals surface area (Å²) in [6.45, 7) is 9.83. The molecule has 1 aliphatic carbocycles. The molecule has 2 heteroatoms. The number of hydrogen-bond acceptors (Lipinski definition) is 2. The fraction of sp³-hybridized carbons (Fsp3) is 1.00. The van der Waals surface area contributed by atoms with E-state index in [4.69, 9.17) is 0 Å². The molecule has 0 aromatic rings. The summed E-state index contributed by atoms with van der Waals surface area (Å²) in [5.74, 6) is 2.13. The van der Waals surface area contributed by atoms with Gasteiger partial charge in [-0.25, -0.2) is 0 Å². The quantitative estimate of drug-likeness (QED) is 0.686. The Morgan fingerprint density at radius 1 is 1.06 bits per heavy atom. The van der Waals surface area contributed by atoms with Crippen LogP contribution in [0.1, 0.15) is 52.4 Å². The zero-order chi connectivity index (χ0) is 12.1. The van der Waals surface area contributed by atoms with Gasteiger partial charge in [0.2, 0.25) is 0 Å². The fourth-order valence-corrected chi connectivity index (χ4v) is 3.54. The number of nitrogens with one attached hydrogen (secondary N) is 1. The third kappa shape index (κ3) is 4.26. The Kier molecular flexibility index (Phi) is 5.30. The number of unbranched alkanes of at least 4 members (excludes halogenated alkanes) is 2. The zero-order valence-corrected chi connectivity index (χ0v) is 11.8. The molecule has 2 unspecified atom stereocenters. The summed E-state index contributed by atoms with van der Waals surface area (Å²) in [6, 6.07) is 0.646. The highest BCUT2D eigenvalue weighted by Crippen LogP contribution is 2.37. The van der Waals surface area contributed by atoms with Gasteiger partial charge in [-0.1, -0.05) is 26.7 Å². The van der Waals surface area contributed by atoms with Crippen LogP contribution in [0.25, 0.3) is 0 Å². The lowest BCUT2D eigenvalue weighted by atomic mass is 10.0. The average Bonchev–Trinajstić information content (AvgIpc) is 2.82. The van der Waals surface area contributed by atoms with Crippen molar-refractivity contribution in [2.75, 3.05) is 26.2 Å². The van der Waals surface area contributed by atoms with Gasteiger partial charge in [0.15, 0.2) is 0 Å². The number of fused-ring (bicyclic) bond motifs is 1. The van der Waals surface area contributed by atoms with Crippen molar-refractivity contribution >= 4 is 0 Å². The lowest BCUT2D eigenvalue weighted by Crippen LogP contribution is -2.25. The predicted molar refractivity (Wildman–Crippen MR) is 74.3 cm³/mol. The highest BCUT2D eigenvalue weighted by Gasteiger charge is 2.35. The first kappa shape index (κ1) is 13.4. The maximum atomic E-state index is 3.49. The SMILES string of the molecule is CC(C)NCCCCCN1CC2CCCC2C1. The van der Waals surface area contributed by atoms with Crippen molar-refractivity contribution in [2.24, 2.45) is 11.8 Å². The zero-order valence-electron chi connectivity index (χ0n) is 11.8. The molecular weight excluding hydrogens is 208 g/mol. The molecule has 0 aromatic heterocycles. The van der Waals surface area contributed by atoms with Crippen molar-refractivity contribution < 1.29 is 0 Å². The molecule has 17 heavy (non-hydrogen) atoms. The lowest BCUT2D eigenvalue weighted by Gasteiger charge is -2.16. The minimum absolute atomic E-state index is 0.646. The van der Waals surface area contributed by atoms with Crippen LogP contribution in [0.2, 0.25) is 0 Å². The molecule has 2 nitrogen and oxygen atoms in total. The van der Waals surface area contributed by atoms with Crippen molar-refractivity contribution in [1.29, 1.82) is 0 Å². The Labute approximate surface area is 107 Å². The van der Waals surface area contributed by atoms with E-state index in [9.17, 15) is 0 Å². The first-order valence-electron chi connectivity index (χ1n) is 7.71. The third-order valence-electron chi connectivity index (χ3n) is 4.51. The Balaban J connectivity index is 1.46. The molecule has 2 fully saturated rings. The van der Waals surface area contributed by atoms with E-state index in [0.29, 0.717) is 6.04 Å². The van der Waals surface area contributed by atoms with E-state index < -0.39 is 0 Å². The van der Waals surface area contributed by atoms with Gasteiger partial charge in [0.25, 0.3) is 0 Å². The van der Waals surface area contributed by atoms with E-state index in [1.807, 2.05) is 0 Å². The predicted octanol–water partition coefficient (Wildman–Crippen LogP) is 2.89. The molecule has 1 saturated heterocycles. The van der Waals surface area contributed by atoms with E-state index in [-0.39, 0.29) is 0 Å². The molecule has 1 N–H and O–H groups in total. The molecule has 2 atom stereocenters. The minimum Gasteiger partial charge on any atom is -0.315 e. The molecule has 0 amide bonds. The second-order valence-electron chi connectivity index (χ2n) is 6.38. The van der Waals surface area contributed by atoms with Crippen molar-refractivity contribution in [3.63, 3.8) is 0 Å². The minimum atomic E-state index is 0.646. The third-order valence-corrected chi connectivity index (χ3v) is 4.51. The summed E-state index contributed by atoms with van der Waals surface area (Å²) in [5, 5.41) is 3.49. The Hall–Kier alpha value is -0.0800. The van der Waals surface area contributed by atoms with Gasteiger partial charge >= 0.3 is 0 Å². The molecular formula is C15H30N2. The molecule has 0 spiro atoms. The van der Waals surface area contributed by atoms with Crippen LogP contribution in [-0.2, 0) is 0 Å². The van der Waals surface area contributed by atoms with E-state index in [1.54, 1.807) is 0 Å². The standard InChI is InChI=1S/C15H30N2/c1-13(2)16-9-4-3-5-10-17-11-14-7-6-8-15(14)12-17/h13-16H,3-12H2,1-2H3. The van der Waals surface area contributed by atoms with Crippen molar-refractivity contribution in [3.8, 4) is 0 Å². The monoisotopic (exact) mass is 238 g/mol. The van der Waals surface area contributed by atoms with Gasteiger partial charge in [-0.2, -0.15) is 0 Å². The van der Waals surface area contributed by atoms with E-state index in [1.165, 1.54) is 64.7 Å². The van der Waals surface area contributed by atoms with Crippen LogP contribution < -0.4 is 5.32 Å². The fourth-order valence-electron chi connectivity index (χ4n) is 3.54. The topological polar surface area (TPSA) is 15.3 Å². The summed E-state index contributed by atoms with van der Waals surface area (Å²) in [7, 11) is 0. The molecule has 0 bridgehead atoms. The van der Waals surface area contributed by atoms with Gasteiger partial charge in [-0.05, 0) is 50.6 Å². The maximum Gasteiger partial charge on any atom is 0.00129 e. The molecule has 1 aliphatic heterocycles. The van der Waals surface area contributed by atoms with Crippen LogP contribution in [-0.4, -0.2) is 37.1 Å². The Bertz CT molecular complexity index is 203. The van der Waals surface area contributed by atoms with E-state index in [0.717, 1.165) is 11.8 Å². The van der Waals surface area contributed by atoms with E-state index >= 15 is 0 Å². The van der Waals surface area contributed by atoms with Gasteiger partial charge in [0.05, 0.1) is 0 Å². The van der Waals surface area contributed by atoms with E-state index in [2.05, 4.69) is 24.1 Å². The molecule has 0 aromatic carbocycles. The van der Waals surface area contributed by atoms with Gasteiger partial charge in [0.1, 0.15) is 0 Å². The van der Waals surface area contributed by atoms with Crippen molar-refractivity contribution in [2.45, 2.75) is 58.4 Å². The molecule has 2 rings (SSSR count). The molecule has 1 saturated carbocycles. The number of nitrogens with zero attached hydrogens (tertiary/aromatic N) is 1. The van der Waals surface area contributed by atoms with Gasteiger partial charge in [0, 0.05) is 19.1 Å². The molecule has 0 radical (unpaired) electrons. The Morgan fingerprint density at radius 3 is 2.41 bits per heavy atom. The second kappa shape index (κ2) is 6.75. The second-order valence-corrected chi connectivity index (χ2v) is 6.38. The maximum absolute atomic E-state index is 3.49. The van der Waals surface area contributed by atoms with Crippen LogP contribution in [0.3, 0.4) is 0 Å². The largest absolute Gasteiger partial charge is 0.315 e. The Morgan fingerprint density at radius 2 is 1.76 bits per heavy atom. The summed E-state index contributed by atoms with van der Waals surface area (Å²) < 4.78 is 0. The van der Waals surface area contributed by atoms with Gasteiger partial charge in [-0.15, -0.1) is 0 Å². The summed E-state index contributed by atoms with van der Waals surface area (Å²) in [4.78, 5) is 2.73. The highest BCUT2D eigenvalue weighted by atomic mass is 15.2. The highest BCUT2D eigenvalue weighted by molar-refractivity contribution is 4.88. The summed E-state index contributed by atoms with van der Waals surface area (Å²) in [6.07, 6.45) is 8.67. The molecule has 100 valence electrons. The van der Waals surface area contributed by atoms with Crippen LogP contribution in [0.5, 0.6) is 0 Å². The first-order valence-corrected chi connectivity index (χ1v) is 7.71. The van der Waals surface area contributed by atoms with Crippen LogP contribution >= 0.6 is 0 Å². The first-order chi connectivity index (χ1) is 8.25. The molecule has 2 aliphatic rings. The van der Waals surface area contributed by atoms with Gasteiger partial charge in [-0.3, -0.25) is 0 Å². The molecule has 1 heterocycles. The average molecular weight is 238 g/mol. The van der Waals surface area contributed by atoms with Gasteiger partial charge < -0.3 is 10.2 Å². The smallest absolute Gasteiger partial charge is 0.00129 e. The number of rotatable bonds is 7. The van der Waals surface area contributed by atoms with Crippen LogP contribution in [0, 0.1) is 11.8 Å². The summed E-state index contributed by atoms with van der Waals surface area (Å²) >= 11 is 0. The van der Waals surface area contributed by atoms with Crippen molar-refractivity contribution in [1.82, 2.24) is 10.2 Å². The number of likely N-dealkylation sites (tertiary alicyclic amines) is 1. The summed E-state index contributed by atoms with van der Waals surface area (Å²) in [5.41, 5.74) is 0. The van der Waals surface area contributed by atoms with Crippen molar-refractivity contribution in [3.05, 3.63) is 0 Å². The van der Waals surface area contributed by atoms with Crippen LogP contribution in [0.4, 0.5) is 0 Å². The number of hydrogen-bond donors (Lipinski definition) is 1. The lowest BCUT2D eigenvalue weighted by molar-refractivity contribution is 0.302. The van der Waals surface area contributed by atoms with Crippen LogP contribution in [0.15, 0.2) is 0 Å².